The van der Waals surface area contributed by atoms with E-state index in [2.05, 4.69) is 27.9 Å². The molecule has 2 atom stereocenters. The van der Waals surface area contributed by atoms with Gasteiger partial charge in [0.1, 0.15) is 6.54 Å². The number of nitrogens with one attached hydrogen (secondary N) is 1. The summed E-state index contributed by atoms with van der Waals surface area (Å²) in [5.74, 6) is -1.38. The maximum absolute atomic E-state index is 12.3. The number of rotatable bonds is 3. The fraction of sp³-hybridized carbons (Fsp3) is 0.312. The van der Waals surface area contributed by atoms with Gasteiger partial charge in [0.15, 0.2) is 0 Å². The van der Waals surface area contributed by atoms with Crippen LogP contribution in [-0.4, -0.2) is 29.2 Å². The second kappa shape index (κ2) is 6.20. The lowest BCUT2D eigenvalue weighted by molar-refractivity contribution is -0.142. The molecule has 6 heteroatoms. The van der Waals surface area contributed by atoms with Crippen LogP contribution in [0.4, 0.5) is 5.69 Å². The smallest absolute Gasteiger partial charge is 0.244 e. The predicted octanol–water partition coefficient (Wildman–Crippen LogP) is 2.18. The molecule has 2 aliphatic rings. The fourth-order valence-corrected chi connectivity index (χ4v) is 3.44. The predicted molar refractivity (Wildman–Crippen MR) is 89.9 cm³/mol. The van der Waals surface area contributed by atoms with Crippen molar-refractivity contribution in [2.24, 2.45) is 11.8 Å². The van der Waals surface area contributed by atoms with Gasteiger partial charge in [0, 0.05) is 3.57 Å². The summed E-state index contributed by atoms with van der Waals surface area (Å²) in [4.78, 5) is 37.8. The minimum absolute atomic E-state index is 0.213. The minimum Gasteiger partial charge on any atom is -0.324 e. The summed E-state index contributed by atoms with van der Waals surface area (Å²) in [5, 5.41) is 2.75. The minimum atomic E-state index is -0.350. The molecule has 0 radical (unpaired) electrons. The molecule has 0 bridgehead atoms. The van der Waals surface area contributed by atoms with Crippen LogP contribution >= 0.6 is 22.6 Å². The van der Waals surface area contributed by atoms with E-state index < -0.39 is 0 Å². The number of halogens is 1. The molecule has 1 aromatic rings. The molecule has 3 rings (SSSR count). The standard InChI is InChI=1S/C16H15IN2O3/c17-12-7-3-4-8-13(12)18-14(20)9-19-15(21)10-5-1-2-6-11(10)16(19)22/h1-4,7-8,10-11H,5-6,9H2,(H,18,20)/t10-,11-/m1/s1. The van der Waals surface area contributed by atoms with Gasteiger partial charge in [0.05, 0.1) is 17.5 Å². The number of amides is 3. The van der Waals surface area contributed by atoms with Crippen LogP contribution in [0.1, 0.15) is 12.8 Å². The zero-order valence-corrected chi connectivity index (χ0v) is 13.9. The number of para-hydroxylation sites is 1. The maximum atomic E-state index is 12.3. The monoisotopic (exact) mass is 410 g/mol. The normalized spacial score (nSPS) is 23.6. The van der Waals surface area contributed by atoms with E-state index in [1.165, 1.54) is 0 Å². The number of imide groups is 1. The van der Waals surface area contributed by atoms with Crippen molar-refractivity contribution >= 4 is 46.0 Å². The summed E-state index contributed by atoms with van der Waals surface area (Å²) in [6.07, 6.45) is 5.04. The number of hydrogen-bond donors (Lipinski definition) is 1. The van der Waals surface area contributed by atoms with Gasteiger partial charge < -0.3 is 5.32 Å². The van der Waals surface area contributed by atoms with Crippen LogP contribution in [0.2, 0.25) is 0 Å². The largest absolute Gasteiger partial charge is 0.324 e. The molecular weight excluding hydrogens is 395 g/mol. The van der Waals surface area contributed by atoms with Crippen LogP contribution in [0.3, 0.4) is 0 Å². The first kappa shape index (κ1) is 15.2. The molecule has 0 saturated carbocycles. The molecule has 22 heavy (non-hydrogen) atoms. The van der Waals surface area contributed by atoms with Crippen molar-refractivity contribution in [3.8, 4) is 0 Å². The third-order valence-corrected chi connectivity index (χ3v) is 4.99. The average Bonchev–Trinajstić information content (AvgIpc) is 2.75. The Morgan fingerprint density at radius 2 is 1.73 bits per heavy atom. The van der Waals surface area contributed by atoms with E-state index in [4.69, 9.17) is 0 Å². The van der Waals surface area contributed by atoms with Gasteiger partial charge in [-0.2, -0.15) is 0 Å². The molecule has 1 aliphatic heterocycles. The van der Waals surface area contributed by atoms with Crippen molar-refractivity contribution < 1.29 is 14.4 Å². The van der Waals surface area contributed by atoms with E-state index >= 15 is 0 Å². The van der Waals surface area contributed by atoms with Gasteiger partial charge >= 0.3 is 0 Å². The molecule has 1 N–H and O–H groups in total. The number of anilines is 1. The van der Waals surface area contributed by atoms with Gasteiger partial charge in [-0.05, 0) is 47.6 Å². The van der Waals surface area contributed by atoms with Crippen molar-refractivity contribution in [2.45, 2.75) is 12.8 Å². The molecule has 0 unspecified atom stereocenters. The number of benzene rings is 1. The fourth-order valence-electron chi connectivity index (χ4n) is 2.92. The number of fused-ring (bicyclic) bond motifs is 1. The summed E-state index contributed by atoms with van der Waals surface area (Å²) >= 11 is 2.12. The Balaban J connectivity index is 1.68. The Labute approximate surface area is 141 Å². The SMILES string of the molecule is O=C(CN1C(=O)[C@@H]2CC=CC[C@H]2C1=O)Nc1ccccc1I. The third-order valence-electron chi connectivity index (χ3n) is 4.05. The highest BCUT2D eigenvalue weighted by atomic mass is 127. The highest BCUT2D eigenvalue weighted by molar-refractivity contribution is 14.1. The van der Waals surface area contributed by atoms with Crippen molar-refractivity contribution in [1.82, 2.24) is 4.90 Å². The summed E-state index contributed by atoms with van der Waals surface area (Å²) in [5.41, 5.74) is 0.686. The number of carbonyl (C=O) groups is 3. The number of likely N-dealkylation sites (tertiary alicyclic amines) is 1. The van der Waals surface area contributed by atoms with Crippen molar-refractivity contribution in [2.75, 3.05) is 11.9 Å². The Bertz CT molecular complexity index is 645. The first-order chi connectivity index (χ1) is 10.6. The molecular formula is C16H15IN2O3. The van der Waals surface area contributed by atoms with Gasteiger partial charge in [-0.25, -0.2) is 0 Å². The van der Waals surface area contributed by atoms with Gasteiger partial charge in [0.25, 0.3) is 0 Å². The summed E-state index contributed by atoms with van der Waals surface area (Å²) in [6.45, 7) is -0.213. The lowest BCUT2D eigenvalue weighted by Crippen LogP contribution is -2.38. The van der Waals surface area contributed by atoms with Crippen molar-refractivity contribution in [1.29, 1.82) is 0 Å². The zero-order chi connectivity index (χ0) is 15.7. The maximum Gasteiger partial charge on any atom is 0.244 e. The van der Waals surface area contributed by atoms with Crippen LogP contribution in [0.5, 0.6) is 0 Å². The van der Waals surface area contributed by atoms with E-state index in [-0.39, 0.29) is 36.1 Å². The quantitative estimate of drug-likeness (QED) is 0.472. The second-order valence-corrected chi connectivity index (χ2v) is 6.61. The van der Waals surface area contributed by atoms with E-state index in [1.54, 1.807) is 6.07 Å². The molecule has 3 amide bonds. The molecule has 1 fully saturated rings. The molecule has 1 aliphatic carbocycles. The van der Waals surface area contributed by atoms with Crippen molar-refractivity contribution in [3.05, 3.63) is 40.0 Å². The Morgan fingerprint density at radius 1 is 1.14 bits per heavy atom. The first-order valence-corrected chi connectivity index (χ1v) is 8.20. The molecule has 1 aromatic carbocycles. The Morgan fingerprint density at radius 3 is 2.32 bits per heavy atom. The van der Waals surface area contributed by atoms with Gasteiger partial charge in [-0.1, -0.05) is 24.3 Å². The molecule has 0 aromatic heterocycles. The molecule has 1 heterocycles. The number of hydrogen-bond acceptors (Lipinski definition) is 3. The number of carbonyl (C=O) groups excluding carboxylic acids is 3. The van der Waals surface area contributed by atoms with Gasteiger partial charge in [-0.3, -0.25) is 19.3 Å². The number of allylic oxidation sites excluding steroid dienone is 2. The second-order valence-electron chi connectivity index (χ2n) is 5.45. The average molecular weight is 410 g/mol. The van der Waals surface area contributed by atoms with Crippen LogP contribution in [-0.2, 0) is 14.4 Å². The van der Waals surface area contributed by atoms with Crippen LogP contribution in [0.15, 0.2) is 36.4 Å². The lowest BCUT2D eigenvalue weighted by Gasteiger charge is -2.15. The van der Waals surface area contributed by atoms with Crippen LogP contribution < -0.4 is 5.32 Å². The lowest BCUT2D eigenvalue weighted by atomic mass is 9.85. The molecule has 114 valence electrons. The summed E-state index contributed by atoms with van der Waals surface area (Å²) in [6, 6.07) is 7.37. The highest BCUT2D eigenvalue weighted by Gasteiger charge is 2.47. The summed E-state index contributed by atoms with van der Waals surface area (Å²) in [7, 11) is 0. The third kappa shape index (κ3) is 2.79. The molecule has 1 saturated heterocycles. The molecule has 0 spiro atoms. The van der Waals surface area contributed by atoms with E-state index in [9.17, 15) is 14.4 Å². The topological polar surface area (TPSA) is 66.5 Å². The first-order valence-electron chi connectivity index (χ1n) is 7.12. The summed E-state index contributed by atoms with van der Waals surface area (Å²) < 4.78 is 0.908. The Hall–Kier alpha value is -1.70. The highest BCUT2D eigenvalue weighted by Crippen LogP contribution is 2.34. The van der Waals surface area contributed by atoms with Crippen LogP contribution in [0, 0.1) is 15.4 Å². The number of nitrogens with zero attached hydrogens (tertiary/aromatic N) is 1. The van der Waals surface area contributed by atoms with Gasteiger partial charge in [0.2, 0.25) is 17.7 Å². The molecule has 5 nitrogen and oxygen atoms in total. The van der Waals surface area contributed by atoms with Crippen molar-refractivity contribution in [3.63, 3.8) is 0 Å². The van der Waals surface area contributed by atoms with Crippen LogP contribution in [0.25, 0.3) is 0 Å². The van der Waals surface area contributed by atoms with E-state index in [0.29, 0.717) is 18.5 Å². The Kier molecular flexibility index (Phi) is 4.28. The van der Waals surface area contributed by atoms with E-state index in [1.807, 2.05) is 30.4 Å². The van der Waals surface area contributed by atoms with E-state index in [0.717, 1.165) is 8.47 Å². The zero-order valence-electron chi connectivity index (χ0n) is 11.8. The van der Waals surface area contributed by atoms with Gasteiger partial charge in [-0.15, -0.1) is 0 Å².